The highest BCUT2D eigenvalue weighted by Crippen LogP contribution is 2.48. The molecule has 2 heterocycles. The maximum Gasteiger partial charge on any atom is 0.490 e. The van der Waals surface area contributed by atoms with Crippen LogP contribution in [0.2, 0.25) is 0 Å². The van der Waals surface area contributed by atoms with Gasteiger partial charge in [0, 0.05) is 6.04 Å². The van der Waals surface area contributed by atoms with E-state index < -0.39 is 5.60 Å². The number of rotatable bonds is 3. The number of amides is 1. The molecule has 5 nitrogen and oxygen atoms in total. The highest BCUT2D eigenvalue weighted by Gasteiger charge is 2.55. The van der Waals surface area contributed by atoms with Crippen molar-refractivity contribution in [1.29, 1.82) is 0 Å². The molecule has 1 amide bonds. The highest BCUT2D eigenvalue weighted by molar-refractivity contribution is 6.54. The lowest BCUT2D eigenvalue weighted by Crippen LogP contribution is -2.53. The van der Waals surface area contributed by atoms with E-state index in [1.807, 2.05) is 20.8 Å². The van der Waals surface area contributed by atoms with Crippen LogP contribution in [0.3, 0.4) is 0 Å². The zero-order valence-corrected chi connectivity index (χ0v) is 18.6. The average molecular weight is 389 g/mol. The predicted molar refractivity (Wildman–Crippen MR) is 110 cm³/mol. The van der Waals surface area contributed by atoms with Gasteiger partial charge in [-0.1, -0.05) is 6.08 Å². The van der Waals surface area contributed by atoms with Crippen molar-refractivity contribution in [3.8, 4) is 0 Å². The zero-order chi connectivity index (χ0) is 20.5. The fourth-order valence-corrected chi connectivity index (χ4v) is 4.35. The van der Waals surface area contributed by atoms with Crippen molar-refractivity contribution < 1.29 is 18.8 Å². The van der Waals surface area contributed by atoms with Crippen molar-refractivity contribution in [2.75, 3.05) is 0 Å². The number of hydrogen-bond donors (Lipinski definition) is 0. The Labute approximate surface area is 170 Å². The molecule has 2 aliphatic carbocycles. The summed E-state index contributed by atoms with van der Waals surface area (Å²) in [5.74, 6) is 1.10. The minimum atomic E-state index is -0.477. The molecule has 0 radical (unpaired) electrons. The Bertz CT molecular complexity index is 657. The first-order valence-electron chi connectivity index (χ1n) is 11.0. The molecular formula is C22H36BNO4. The minimum Gasteiger partial charge on any atom is -0.444 e. The monoisotopic (exact) mass is 389 g/mol. The Morgan fingerprint density at radius 2 is 1.61 bits per heavy atom. The van der Waals surface area contributed by atoms with E-state index in [0.29, 0.717) is 11.8 Å². The van der Waals surface area contributed by atoms with E-state index in [4.69, 9.17) is 14.0 Å². The van der Waals surface area contributed by atoms with Gasteiger partial charge in [-0.3, -0.25) is 4.90 Å². The van der Waals surface area contributed by atoms with Gasteiger partial charge in [-0.2, -0.15) is 0 Å². The summed E-state index contributed by atoms with van der Waals surface area (Å²) in [5, 5.41) is 0. The van der Waals surface area contributed by atoms with Crippen LogP contribution < -0.4 is 0 Å². The summed E-state index contributed by atoms with van der Waals surface area (Å²) in [6, 6.07) is 0.294. The summed E-state index contributed by atoms with van der Waals surface area (Å²) >= 11 is 0. The lowest BCUT2D eigenvalue weighted by atomic mass is 9.70. The topological polar surface area (TPSA) is 48.0 Å². The standard InChI is InChI=1S/C22H36BNO4/c1-20(2,3)26-19(25)24-17(14-8-9-14)12-16(13-18(24)15-10-11-15)23-27-21(4,5)22(6,7)28-23/h12,14-15,17-18H,8-11,13H2,1-7H3. The molecule has 6 heteroatoms. The lowest BCUT2D eigenvalue weighted by molar-refractivity contribution is 0.00245. The fourth-order valence-electron chi connectivity index (χ4n) is 4.35. The quantitative estimate of drug-likeness (QED) is 0.654. The summed E-state index contributed by atoms with van der Waals surface area (Å²) in [4.78, 5) is 15.2. The van der Waals surface area contributed by atoms with E-state index in [-0.39, 0.29) is 36.5 Å². The van der Waals surface area contributed by atoms with E-state index in [1.54, 1.807) is 0 Å². The van der Waals surface area contributed by atoms with Crippen molar-refractivity contribution in [3.05, 3.63) is 11.5 Å². The molecule has 0 spiro atoms. The molecule has 4 rings (SSSR count). The zero-order valence-electron chi connectivity index (χ0n) is 18.6. The maximum absolute atomic E-state index is 13.1. The molecule has 2 aliphatic heterocycles. The normalized spacial score (nSPS) is 32.3. The summed E-state index contributed by atoms with van der Waals surface area (Å²) in [7, 11) is -0.312. The fraction of sp³-hybridized carbons (Fsp3) is 0.864. The SMILES string of the molecule is CC(C)(C)OC(=O)N1C(C2CC2)C=C(B2OC(C)(C)C(C)(C)O2)CC1C1CC1. The molecule has 156 valence electrons. The second kappa shape index (κ2) is 6.50. The lowest BCUT2D eigenvalue weighted by Gasteiger charge is -2.42. The van der Waals surface area contributed by atoms with Crippen LogP contribution in [0.1, 0.15) is 80.6 Å². The van der Waals surface area contributed by atoms with Crippen molar-refractivity contribution in [2.45, 2.75) is 109 Å². The highest BCUT2D eigenvalue weighted by atomic mass is 16.7. The van der Waals surface area contributed by atoms with Crippen LogP contribution in [0.25, 0.3) is 0 Å². The minimum absolute atomic E-state index is 0.100. The number of ether oxygens (including phenoxy) is 1. The van der Waals surface area contributed by atoms with Gasteiger partial charge < -0.3 is 14.0 Å². The Hall–Kier alpha value is -1.01. The molecule has 1 saturated heterocycles. The molecule has 2 unspecified atom stereocenters. The van der Waals surface area contributed by atoms with Gasteiger partial charge in [0.05, 0.1) is 17.2 Å². The van der Waals surface area contributed by atoms with Crippen LogP contribution in [-0.4, -0.2) is 47.0 Å². The van der Waals surface area contributed by atoms with Gasteiger partial charge in [-0.05, 0) is 97.9 Å². The number of carbonyl (C=O) groups is 1. The van der Waals surface area contributed by atoms with Crippen molar-refractivity contribution in [2.24, 2.45) is 11.8 Å². The first-order chi connectivity index (χ1) is 12.9. The van der Waals surface area contributed by atoms with Gasteiger partial charge in [-0.15, -0.1) is 0 Å². The Morgan fingerprint density at radius 1 is 1.07 bits per heavy atom. The molecule has 4 aliphatic rings. The molecule has 0 bridgehead atoms. The molecule has 0 aromatic rings. The smallest absolute Gasteiger partial charge is 0.444 e. The molecule has 0 N–H and O–H groups in total. The number of carbonyl (C=O) groups excluding carboxylic acids is 1. The summed E-state index contributed by atoms with van der Waals surface area (Å²) in [5.41, 5.74) is 0.0533. The van der Waals surface area contributed by atoms with Gasteiger partial charge in [0.15, 0.2) is 0 Å². The Morgan fingerprint density at radius 3 is 2.07 bits per heavy atom. The first kappa shape index (κ1) is 20.3. The second-order valence-electron chi connectivity index (χ2n) is 11.2. The maximum atomic E-state index is 13.1. The van der Waals surface area contributed by atoms with E-state index >= 15 is 0 Å². The van der Waals surface area contributed by atoms with Crippen molar-refractivity contribution >= 4 is 13.2 Å². The third kappa shape index (κ3) is 3.87. The van der Waals surface area contributed by atoms with Gasteiger partial charge in [0.2, 0.25) is 0 Å². The van der Waals surface area contributed by atoms with Crippen LogP contribution >= 0.6 is 0 Å². The molecule has 28 heavy (non-hydrogen) atoms. The third-order valence-corrected chi connectivity index (χ3v) is 6.94. The van der Waals surface area contributed by atoms with Crippen LogP contribution in [0.5, 0.6) is 0 Å². The van der Waals surface area contributed by atoms with Crippen molar-refractivity contribution in [3.63, 3.8) is 0 Å². The van der Waals surface area contributed by atoms with Crippen LogP contribution in [0, 0.1) is 11.8 Å². The van der Waals surface area contributed by atoms with Crippen LogP contribution in [0.15, 0.2) is 11.5 Å². The molecule has 2 atom stereocenters. The summed E-state index contributed by atoms with van der Waals surface area (Å²) < 4.78 is 18.5. The van der Waals surface area contributed by atoms with E-state index in [0.717, 1.165) is 6.42 Å². The van der Waals surface area contributed by atoms with Gasteiger partial charge in [-0.25, -0.2) is 4.79 Å². The van der Waals surface area contributed by atoms with E-state index in [1.165, 1.54) is 31.2 Å². The number of hydrogen-bond acceptors (Lipinski definition) is 4. The second-order valence-corrected chi connectivity index (χ2v) is 11.2. The average Bonchev–Trinajstić information content (AvgIpc) is 3.44. The van der Waals surface area contributed by atoms with Gasteiger partial charge in [0.25, 0.3) is 0 Å². The van der Waals surface area contributed by atoms with Crippen molar-refractivity contribution in [1.82, 2.24) is 4.90 Å². The number of nitrogens with zero attached hydrogens (tertiary/aromatic N) is 1. The van der Waals surface area contributed by atoms with E-state index in [9.17, 15) is 4.79 Å². The molecule has 3 fully saturated rings. The Balaban J connectivity index is 1.62. The largest absolute Gasteiger partial charge is 0.490 e. The van der Waals surface area contributed by atoms with Crippen LogP contribution in [0.4, 0.5) is 4.79 Å². The van der Waals surface area contributed by atoms with E-state index in [2.05, 4.69) is 38.7 Å². The third-order valence-electron chi connectivity index (χ3n) is 6.94. The first-order valence-corrected chi connectivity index (χ1v) is 11.0. The summed E-state index contributed by atoms with van der Waals surface area (Å²) in [6.07, 6.45) is 7.66. The van der Waals surface area contributed by atoms with Gasteiger partial charge in [0.1, 0.15) is 5.60 Å². The molecule has 0 aromatic carbocycles. The molecule has 2 saturated carbocycles. The summed E-state index contributed by atoms with van der Waals surface area (Å²) in [6.45, 7) is 14.2. The van der Waals surface area contributed by atoms with Gasteiger partial charge >= 0.3 is 13.2 Å². The predicted octanol–water partition coefficient (Wildman–Crippen LogP) is 4.74. The Kier molecular flexibility index (Phi) is 4.70. The molecular weight excluding hydrogens is 353 g/mol. The molecule has 0 aromatic heterocycles. The van der Waals surface area contributed by atoms with Crippen LogP contribution in [-0.2, 0) is 14.0 Å².